The first-order valence-electron chi connectivity index (χ1n) is 5.08. The molecule has 0 heterocycles. The van der Waals surface area contributed by atoms with E-state index in [9.17, 15) is 22.0 Å². The van der Waals surface area contributed by atoms with Crippen molar-refractivity contribution in [3.05, 3.63) is 35.1 Å². The Morgan fingerprint density at radius 3 is 2.50 bits per heavy atom. The van der Waals surface area contributed by atoms with Gasteiger partial charge in [-0.1, -0.05) is 6.07 Å². The van der Waals surface area contributed by atoms with Gasteiger partial charge in [0.25, 0.3) is 0 Å². The SMILES string of the molecule is NCc1cc(COCC(F)(F)C(F)F)ccc1F. The predicted molar refractivity (Wildman–Crippen MR) is 54.9 cm³/mol. The molecule has 1 rings (SSSR count). The highest BCUT2D eigenvalue weighted by Gasteiger charge is 2.40. The summed E-state index contributed by atoms with van der Waals surface area (Å²) in [6.45, 7) is -1.75. The molecule has 0 aliphatic rings. The van der Waals surface area contributed by atoms with E-state index in [1.165, 1.54) is 12.1 Å². The van der Waals surface area contributed by atoms with Gasteiger partial charge < -0.3 is 10.5 Å². The van der Waals surface area contributed by atoms with E-state index < -0.39 is 24.8 Å². The summed E-state index contributed by atoms with van der Waals surface area (Å²) >= 11 is 0. The van der Waals surface area contributed by atoms with Crippen molar-refractivity contribution in [1.82, 2.24) is 0 Å². The van der Waals surface area contributed by atoms with Crippen LogP contribution < -0.4 is 5.73 Å². The summed E-state index contributed by atoms with van der Waals surface area (Å²) in [4.78, 5) is 0. The van der Waals surface area contributed by atoms with Crippen LogP contribution in [-0.2, 0) is 17.9 Å². The predicted octanol–water partition coefficient (Wildman–Crippen LogP) is 2.70. The third-order valence-corrected chi connectivity index (χ3v) is 2.21. The van der Waals surface area contributed by atoms with Crippen LogP contribution in [0.5, 0.6) is 0 Å². The molecule has 2 nitrogen and oxygen atoms in total. The fourth-order valence-corrected chi connectivity index (χ4v) is 1.24. The first-order valence-corrected chi connectivity index (χ1v) is 5.08. The van der Waals surface area contributed by atoms with E-state index in [-0.39, 0.29) is 18.7 Å². The van der Waals surface area contributed by atoms with Crippen LogP contribution in [0.3, 0.4) is 0 Å². The highest BCUT2D eigenvalue weighted by atomic mass is 19.3. The number of hydrogen-bond donors (Lipinski definition) is 1. The normalized spacial score (nSPS) is 12.2. The molecule has 0 saturated heterocycles. The summed E-state index contributed by atoms with van der Waals surface area (Å²) in [5, 5.41) is 0. The summed E-state index contributed by atoms with van der Waals surface area (Å²) in [6.07, 6.45) is -3.77. The van der Waals surface area contributed by atoms with Crippen molar-refractivity contribution in [2.75, 3.05) is 6.61 Å². The maximum absolute atomic E-state index is 13.0. The lowest BCUT2D eigenvalue weighted by molar-refractivity contribution is -0.168. The summed E-state index contributed by atoms with van der Waals surface area (Å²) < 4.78 is 66.2. The number of rotatable bonds is 6. The van der Waals surface area contributed by atoms with Crippen molar-refractivity contribution in [2.24, 2.45) is 5.73 Å². The second kappa shape index (κ2) is 6.10. The Bertz CT molecular complexity index is 397. The lowest BCUT2D eigenvalue weighted by Crippen LogP contribution is -2.32. The number of ether oxygens (including phenoxy) is 1. The van der Waals surface area contributed by atoms with E-state index in [0.717, 1.165) is 6.07 Å². The second-order valence-electron chi connectivity index (χ2n) is 3.68. The van der Waals surface area contributed by atoms with Gasteiger partial charge in [0.1, 0.15) is 12.4 Å². The van der Waals surface area contributed by atoms with Gasteiger partial charge in [0, 0.05) is 12.1 Å². The van der Waals surface area contributed by atoms with Gasteiger partial charge in [0.15, 0.2) is 0 Å². The van der Waals surface area contributed by atoms with Crippen LogP contribution in [-0.4, -0.2) is 19.0 Å². The number of benzene rings is 1. The van der Waals surface area contributed by atoms with Gasteiger partial charge in [-0.3, -0.25) is 0 Å². The largest absolute Gasteiger partial charge is 0.370 e. The molecule has 18 heavy (non-hydrogen) atoms. The zero-order chi connectivity index (χ0) is 13.8. The molecular formula is C11H12F5NO. The quantitative estimate of drug-likeness (QED) is 0.806. The van der Waals surface area contributed by atoms with E-state index in [1.807, 2.05) is 0 Å². The fourth-order valence-electron chi connectivity index (χ4n) is 1.24. The summed E-state index contributed by atoms with van der Waals surface area (Å²) in [5.41, 5.74) is 5.85. The number of nitrogens with two attached hydrogens (primary N) is 1. The third-order valence-electron chi connectivity index (χ3n) is 2.21. The van der Waals surface area contributed by atoms with Crippen molar-refractivity contribution >= 4 is 0 Å². The third kappa shape index (κ3) is 3.92. The topological polar surface area (TPSA) is 35.2 Å². The van der Waals surface area contributed by atoms with Crippen molar-refractivity contribution in [3.8, 4) is 0 Å². The minimum Gasteiger partial charge on any atom is -0.370 e. The molecule has 1 aromatic carbocycles. The van der Waals surface area contributed by atoms with E-state index in [2.05, 4.69) is 4.74 Å². The molecule has 0 spiro atoms. The molecule has 0 saturated carbocycles. The second-order valence-corrected chi connectivity index (χ2v) is 3.68. The molecule has 102 valence electrons. The molecular weight excluding hydrogens is 257 g/mol. The van der Waals surface area contributed by atoms with Gasteiger partial charge in [0.2, 0.25) is 0 Å². The molecule has 1 aromatic rings. The molecule has 0 atom stereocenters. The molecule has 0 aliphatic heterocycles. The van der Waals surface area contributed by atoms with Gasteiger partial charge in [-0.2, -0.15) is 8.78 Å². The van der Waals surface area contributed by atoms with Crippen LogP contribution in [0.2, 0.25) is 0 Å². The summed E-state index contributed by atoms with van der Waals surface area (Å²) in [5.74, 6) is -4.70. The molecule has 7 heteroatoms. The number of hydrogen-bond acceptors (Lipinski definition) is 2. The Labute approximate surface area is 101 Å². The van der Waals surface area contributed by atoms with Gasteiger partial charge in [0.05, 0.1) is 6.61 Å². The van der Waals surface area contributed by atoms with Crippen LogP contribution in [0, 0.1) is 5.82 Å². The average Bonchev–Trinajstić information content (AvgIpc) is 2.31. The molecule has 0 aliphatic carbocycles. The van der Waals surface area contributed by atoms with Gasteiger partial charge in [-0.05, 0) is 17.7 Å². The minimum absolute atomic E-state index is 0.0487. The van der Waals surface area contributed by atoms with Gasteiger partial charge in [-0.15, -0.1) is 0 Å². The Morgan fingerprint density at radius 2 is 1.94 bits per heavy atom. The lowest BCUT2D eigenvalue weighted by Gasteiger charge is -2.15. The smallest absolute Gasteiger partial charge is 0.330 e. The summed E-state index contributed by atoms with van der Waals surface area (Å²) in [6, 6.07) is 3.77. The Morgan fingerprint density at radius 1 is 1.28 bits per heavy atom. The number of halogens is 5. The fraction of sp³-hybridized carbons (Fsp3) is 0.455. The maximum atomic E-state index is 13.0. The molecule has 0 unspecified atom stereocenters. The molecule has 0 bridgehead atoms. The first-order chi connectivity index (χ1) is 8.36. The summed E-state index contributed by atoms with van der Waals surface area (Å²) in [7, 11) is 0. The van der Waals surface area contributed by atoms with Crippen LogP contribution in [0.25, 0.3) is 0 Å². The number of alkyl halides is 4. The van der Waals surface area contributed by atoms with Crippen molar-refractivity contribution in [1.29, 1.82) is 0 Å². The highest BCUT2D eigenvalue weighted by molar-refractivity contribution is 5.24. The van der Waals surface area contributed by atoms with Crippen LogP contribution in [0.4, 0.5) is 22.0 Å². The maximum Gasteiger partial charge on any atom is 0.330 e. The zero-order valence-electron chi connectivity index (χ0n) is 9.31. The Kier molecular flexibility index (Phi) is 5.03. The monoisotopic (exact) mass is 269 g/mol. The van der Waals surface area contributed by atoms with E-state index in [1.54, 1.807) is 0 Å². The Balaban J connectivity index is 2.54. The average molecular weight is 269 g/mol. The molecule has 0 amide bonds. The highest BCUT2D eigenvalue weighted by Crippen LogP contribution is 2.23. The lowest BCUT2D eigenvalue weighted by atomic mass is 10.1. The van der Waals surface area contributed by atoms with Crippen LogP contribution in [0.15, 0.2) is 18.2 Å². The van der Waals surface area contributed by atoms with E-state index in [4.69, 9.17) is 5.73 Å². The van der Waals surface area contributed by atoms with E-state index >= 15 is 0 Å². The minimum atomic E-state index is -4.18. The Hall–Kier alpha value is -1.21. The van der Waals surface area contributed by atoms with Crippen molar-refractivity contribution in [2.45, 2.75) is 25.5 Å². The zero-order valence-corrected chi connectivity index (χ0v) is 9.31. The van der Waals surface area contributed by atoms with Crippen LogP contribution >= 0.6 is 0 Å². The van der Waals surface area contributed by atoms with Crippen molar-refractivity contribution < 1.29 is 26.7 Å². The van der Waals surface area contributed by atoms with Crippen molar-refractivity contribution in [3.63, 3.8) is 0 Å². The van der Waals surface area contributed by atoms with Gasteiger partial charge in [-0.25, -0.2) is 13.2 Å². The van der Waals surface area contributed by atoms with Crippen LogP contribution in [0.1, 0.15) is 11.1 Å². The molecule has 0 radical (unpaired) electrons. The van der Waals surface area contributed by atoms with Gasteiger partial charge >= 0.3 is 12.3 Å². The molecule has 2 N–H and O–H groups in total. The first kappa shape index (κ1) is 14.8. The van der Waals surface area contributed by atoms with E-state index in [0.29, 0.717) is 5.56 Å². The molecule has 0 fully saturated rings. The standard InChI is InChI=1S/C11H12F5NO/c12-9-2-1-7(3-8(9)4-17)5-18-6-11(15,16)10(13)14/h1-3,10H,4-6,17H2. The molecule has 0 aromatic heterocycles.